The van der Waals surface area contributed by atoms with Gasteiger partial charge in [-0.2, -0.15) is 0 Å². The van der Waals surface area contributed by atoms with Crippen LogP contribution in [-0.2, 0) is 4.79 Å². The van der Waals surface area contributed by atoms with Gasteiger partial charge in [-0.05, 0) is 24.3 Å². The highest BCUT2D eigenvalue weighted by molar-refractivity contribution is 6.51. The van der Waals surface area contributed by atoms with Crippen LogP contribution in [0.25, 0.3) is 17.0 Å². The number of fused-ring (bicyclic) bond motifs is 2. The summed E-state index contributed by atoms with van der Waals surface area (Å²) in [7, 11) is 0. The monoisotopic (exact) mass is 208 g/mol. The smallest absolute Gasteiger partial charge is 0.204 e. The van der Waals surface area contributed by atoms with E-state index in [0.29, 0.717) is 11.3 Å². The van der Waals surface area contributed by atoms with Gasteiger partial charge in [0.25, 0.3) is 0 Å². The largest absolute Gasteiger partial charge is 0.296 e. The molecule has 0 unspecified atom stereocenters. The zero-order valence-electron chi connectivity index (χ0n) is 8.40. The Hall–Kier alpha value is -2.29. The van der Waals surface area contributed by atoms with Crippen LogP contribution in [-0.4, -0.2) is 16.5 Å². The van der Waals surface area contributed by atoms with Gasteiger partial charge in [-0.3, -0.25) is 10.2 Å². The summed E-state index contributed by atoms with van der Waals surface area (Å²) in [6, 6.07) is 9.54. The van der Waals surface area contributed by atoms with Gasteiger partial charge in [0, 0.05) is 10.9 Å². The minimum absolute atomic E-state index is 0.0238. The Morgan fingerprint density at radius 3 is 2.81 bits per heavy atom. The predicted molar refractivity (Wildman–Crippen MR) is 62.6 cm³/mol. The molecule has 3 nitrogen and oxygen atoms in total. The minimum Gasteiger partial charge on any atom is -0.296 e. The SMILES string of the molecule is N=C1C(=O)C=Cc2nc3ccccc3cc21. The van der Waals surface area contributed by atoms with Gasteiger partial charge in [0.05, 0.1) is 11.2 Å². The summed E-state index contributed by atoms with van der Waals surface area (Å²) < 4.78 is 0. The minimum atomic E-state index is -0.260. The van der Waals surface area contributed by atoms with Crippen molar-refractivity contribution in [3.8, 4) is 0 Å². The van der Waals surface area contributed by atoms with Gasteiger partial charge in [-0.1, -0.05) is 18.2 Å². The summed E-state index contributed by atoms with van der Waals surface area (Å²) in [6.45, 7) is 0. The molecule has 0 amide bonds. The van der Waals surface area contributed by atoms with Crippen molar-refractivity contribution >= 4 is 28.5 Å². The fourth-order valence-electron chi connectivity index (χ4n) is 1.83. The maximum atomic E-state index is 11.4. The van der Waals surface area contributed by atoms with Gasteiger partial charge in [0.1, 0.15) is 5.71 Å². The number of benzene rings is 1. The molecule has 0 aliphatic heterocycles. The van der Waals surface area contributed by atoms with E-state index in [4.69, 9.17) is 5.41 Å². The Morgan fingerprint density at radius 1 is 1.12 bits per heavy atom. The highest BCUT2D eigenvalue weighted by atomic mass is 16.1. The van der Waals surface area contributed by atoms with Crippen LogP contribution in [0.4, 0.5) is 0 Å². The summed E-state index contributed by atoms with van der Waals surface area (Å²) in [6.07, 6.45) is 3.06. The van der Waals surface area contributed by atoms with Crippen molar-refractivity contribution in [1.82, 2.24) is 4.98 Å². The summed E-state index contributed by atoms with van der Waals surface area (Å²) in [5, 5.41) is 8.66. The maximum Gasteiger partial charge on any atom is 0.204 e. The van der Waals surface area contributed by atoms with Gasteiger partial charge in [0.15, 0.2) is 0 Å². The van der Waals surface area contributed by atoms with Crippen LogP contribution in [0.5, 0.6) is 0 Å². The molecule has 3 rings (SSSR count). The number of hydrogen-bond donors (Lipinski definition) is 1. The zero-order chi connectivity index (χ0) is 11.1. The summed E-state index contributed by atoms with van der Waals surface area (Å²) >= 11 is 0. The lowest BCUT2D eigenvalue weighted by Crippen LogP contribution is -2.17. The number of aromatic nitrogens is 1. The molecule has 0 bridgehead atoms. The summed E-state index contributed by atoms with van der Waals surface area (Å²) in [5.41, 5.74) is 2.22. The number of allylic oxidation sites excluding steroid dienone is 1. The number of hydrogen-bond acceptors (Lipinski definition) is 3. The van der Waals surface area contributed by atoms with Crippen LogP contribution in [0, 0.1) is 5.41 Å². The molecule has 0 saturated carbocycles. The molecule has 0 saturated heterocycles. The molecule has 0 radical (unpaired) electrons. The molecule has 3 heteroatoms. The van der Waals surface area contributed by atoms with E-state index >= 15 is 0 Å². The second-order valence-corrected chi connectivity index (χ2v) is 3.69. The van der Waals surface area contributed by atoms with Crippen LogP contribution < -0.4 is 0 Å². The third kappa shape index (κ3) is 1.18. The van der Waals surface area contributed by atoms with Gasteiger partial charge in [-0.15, -0.1) is 0 Å². The molecule has 1 aliphatic rings. The summed E-state index contributed by atoms with van der Waals surface area (Å²) in [5.74, 6) is -0.260. The molecule has 1 heterocycles. The highest BCUT2D eigenvalue weighted by Gasteiger charge is 2.18. The quantitative estimate of drug-likeness (QED) is 0.721. The first-order chi connectivity index (χ1) is 7.75. The lowest BCUT2D eigenvalue weighted by molar-refractivity contribution is -0.108. The molecule has 1 aliphatic carbocycles. The van der Waals surface area contributed by atoms with Crippen molar-refractivity contribution < 1.29 is 4.79 Å². The van der Waals surface area contributed by atoms with E-state index in [-0.39, 0.29) is 11.5 Å². The van der Waals surface area contributed by atoms with Crippen molar-refractivity contribution in [3.05, 3.63) is 47.7 Å². The Morgan fingerprint density at radius 2 is 1.94 bits per heavy atom. The van der Waals surface area contributed by atoms with Crippen molar-refractivity contribution in [2.45, 2.75) is 0 Å². The van der Waals surface area contributed by atoms with E-state index in [1.807, 2.05) is 30.3 Å². The number of nitrogens with one attached hydrogen (secondary N) is 1. The van der Waals surface area contributed by atoms with Crippen LogP contribution >= 0.6 is 0 Å². The molecule has 0 fully saturated rings. The predicted octanol–water partition coefficient (Wildman–Crippen LogP) is 2.20. The van der Waals surface area contributed by atoms with E-state index in [9.17, 15) is 4.79 Å². The molecule has 1 N–H and O–H groups in total. The molecule has 2 aromatic rings. The van der Waals surface area contributed by atoms with E-state index < -0.39 is 0 Å². The Labute approximate surface area is 91.9 Å². The van der Waals surface area contributed by atoms with Crippen molar-refractivity contribution in [3.63, 3.8) is 0 Å². The zero-order valence-corrected chi connectivity index (χ0v) is 8.40. The second kappa shape index (κ2) is 3.10. The van der Waals surface area contributed by atoms with E-state index in [1.54, 1.807) is 6.08 Å². The van der Waals surface area contributed by atoms with Crippen LogP contribution in [0.15, 0.2) is 36.4 Å². The van der Waals surface area contributed by atoms with Gasteiger partial charge in [0.2, 0.25) is 5.78 Å². The molecule has 1 aromatic heterocycles. The third-order valence-corrected chi connectivity index (χ3v) is 2.66. The van der Waals surface area contributed by atoms with Crippen LogP contribution in [0.1, 0.15) is 11.3 Å². The topological polar surface area (TPSA) is 53.8 Å². The van der Waals surface area contributed by atoms with Crippen molar-refractivity contribution in [2.75, 3.05) is 0 Å². The first-order valence-electron chi connectivity index (χ1n) is 4.97. The van der Waals surface area contributed by atoms with Gasteiger partial charge in [-0.25, -0.2) is 4.98 Å². The highest BCUT2D eigenvalue weighted by Crippen LogP contribution is 2.21. The average molecular weight is 208 g/mol. The third-order valence-electron chi connectivity index (χ3n) is 2.66. The molecule has 0 spiro atoms. The molecule has 1 aromatic carbocycles. The lowest BCUT2D eigenvalue weighted by Gasteiger charge is -2.10. The number of pyridine rings is 1. The first-order valence-corrected chi connectivity index (χ1v) is 4.97. The fourth-order valence-corrected chi connectivity index (χ4v) is 1.83. The van der Waals surface area contributed by atoms with E-state index in [1.165, 1.54) is 6.08 Å². The maximum absolute atomic E-state index is 11.4. The number of carbonyl (C=O) groups is 1. The fraction of sp³-hybridized carbons (Fsp3) is 0. The average Bonchev–Trinajstić information content (AvgIpc) is 2.32. The Kier molecular flexibility index (Phi) is 1.74. The molecule has 76 valence electrons. The van der Waals surface area contributed by atoms with Crippen molar-refractivity contribution in [1.29, 1.82) is 5.41 Å². The number of para-hydroxylation sites is 1. The van der Waals surface area contributed by atoms with E-state index in [2.05, 4.69) is 4.98 Å². The van der Waals surface area contributed by atoms with Crippen LogP contribution in [0.2, 0.25) is 0 Å². The van der Waals surface area contributed by atoms with E-state index in [0.717, 1.165) is 10.9 Å². The second-order valence-electron chi connectivity index (χ2n) is 3.69. The number of rotatable bonds is 0. The van der Waals surface area contributed by atoms with Gasteiger partial charge < -0.3 is 0 Å². The first kappa shape index (κ1) is 8.97. The molecule has 0 atom stereocenters. The lowest BCUT2D eigenvalue weighted by atomic mass is 9.97. The molecule has 16 heavy (non-hydrogen) atoms. The Balaban J connectivity index is 2.37. The normalized spacial score (nSPS) is 14.2. The van der Waals surface area contributed by atoms with Crippen LogP contribution in [0.3, 0.4) is 0 Å². The standard InChI is InChI=1S/C13H8N2O/c14-13-9-7-8-3-1-2-4-10(8)15-11(9)5-6-12(13)16/h1-7,14H. The number of nitrogens with zero attached hydrogens (tertiary/aromatic N) is 1. The molecular formula is C13H8N2O. The Bertz CT molecular complexity index is 656. The number of ketones is 1. The molecular weight excluding hydrogens is 200 g/mol. The number of carbonyl (C=O) groups excluding carboxylic acids is 1. The van der Waals surface area contributed by atoms with Crippen molar-refractivity contribution in [2.24, 2.45) is 0 Å². The summed E-state index contributed by atoms with van der Waals surface area (Å²) in [4.78, 5) is 15.8. The van der Waals surface area contributed by atoms with Gasteiger partial charge >= 0.3 is 0 Å².